The van der Waals surface area contributed by atoms with E-state index in [4.69, 9.17) is 9.47 Å². The number of sulfone groups is 1. The molecule has 0 aliphatic heterocycles. The molecule has 4 rings (SSSR count). The summed E-state index contributed by atoms with van der Waals surface area (Å²) in [6.45, 7) is 10.0. The number of nitrogens with zero attached hydrogens (tertiary/aromatic N) is 2. The van der Waals surface area contributed by atoms with Gasteiger partial charge in [0, 0.05) is 30.7 Å². The molecule has 48 heavy (non-hydrogen) atoms. The molecule has 1 aromatic heterocycles. The highest BCUT2D eigenvalue weighted by Gasteiger charge is 2.22. The quantitative estimate of drug-likeness (QED) is 0.0743. The van der Waals surface area contributed by atoms with Crippen LogP contribution in [-0.4, -0.2) is 53.0 Å². The van der Waals surface area contributed by atoms with Crippen LogP contribution in [0.2, 0.25) is 0 Å². The fourth-order valence-electron chi connectivity index (χ4n) is 5.01. The molecule has 256 valence electrons. The molecule has 8 nitrogen and oxygen atoms in total. The topological polar surface area (TPSA) is 105 Å². The summed E-state index contributed by atoms with van der Waals surface area (Å²) in [7, 11) is -4.85. The van der Waals surface area contributed by atoms with E-state index in [0.29, 0.717) is 29.4 Å². The Hall–Kier alpha value is -3.86. The van der Waals surface area contributed by atoms with Gasteiger partial charge in [0.2, 0.25) is 0 Å². The molecule has 0 aliphatic rings. The van der Waals surface area contributed by atoms with Gasteiger partial charge in [0.1, 0.15) is 12.4 Å². The molecular formula is C38H46N2O6S2. The van der Waals surface area contributed by atoms with Crippen molar-refractivity contribution in [1.82, 2.24) is 9.55 Å². The number of imidazole rings is 1. The van der Waals surface area contributed by atoms with Gasteiger partial charge in [-0.05, 0) is 91.4 Å². The summed E-state index contributed by atoms with van der Waals surface area (Å²) in [5, 5.41) is -0.621. The lowest BCUT2D eigenvalue weighted by atomic mass is 10.0. The van der Waals surface area contributed by atoms with Crippen LogP contribution < -0.4 is 4.74 Å². The minimum absolute atomic E-state index is 0.129. The summed E-state index contributed by atoms with van der Waals surface area (Å²) >= 11 is 0. The Balaban J connectivity index is 1.44. The number of carbonyl (C=O) groups is 1. The van der Waals surface area contributed by atoms with Crippen LogP contribution in [0.25, 0.3) is 17.2 Å². The average molecular weight is 691 g/mol. The number of aryl methyl sites for hydroxylation is 1. The van der Waals surface area contributed by atoms with Gasteiger partial charge >= 0.3 is 0 Å². The molecule has 1 atom stereocenters. The molecule has 1 heterocycles. The standard InChI is InChI=1S/C38H46N2O6S2/c1-5-7-21-45-22-23-46-36-15-11-31(12-16-36)32-13-19-38(48(43,44)29(3)4)33(25-32)10-14-35(41)24-30-8-17-37(18-9-30)47(42)27-34-26-39-28-40(34)20-6-2/h8-19,25-26,28-29H,5-7,20-24,27H2,1-4H3/b14-10+/t47-/m1/s1. The van der Waals surface area contributed by atoms with E-state index in [9.17, 15) is 17.4 Å². The second kappa shape index (κ2) is 18.1. The Morgan fingerprint density at radius 1 is 0.938 bits per heavy atom. The van der Waals surface area contributed by atoms with Crippen molar-refractivity contribution in [1.29, 1.82) is 0 Å². The molecule has 0 aliphatic carbocycles. The molecule has 4 aromatic rings. The predicted molar refractivity (Wildman–Crippen MR) is 192 cm³/mol. The number of ketones is 1. The van der Waals surface area contributed by atoms with Crippen molar-refractivity contribution in [3.63, 3.8) is 0 Å². The highest BCUT2D eigenvalue weighted by atomic mass is 32.2. The Labute approximate surface area is 287 Å². The molecule has 0 saturated heterocycles. The van der Waals surface area contributed by atoms with Crippen LogP contribution >= 0.6 is 0 Å². The third-order valence-corrected chi connectivity index (χ3v) is 11.4. The van der Waals surface area contributed by atoms with Gasteiger partial charge in [-0.3, -0.25) is 9.00 Å². The van der Waals surface area contributed by atoms with Crippen LogP contribution in [0.4, 0.5) is 0 Å². The summed E-state index contributed by atoms with van der Waals surface area (Å²) < 4.78 is 52.8. The maximum atomic E-state index is 13.2. The van der Waals surface area contributed by atoms with Crippen LogP contribution in [0.1, 0.15) is 63.8 Å². The Bertz CT molecular complexity index is 1790. The van der Waals surface area contributed by atoms with E-state index in [1.54, 1.807) is 62.8 Å². The fourth-order valence-corrected chi connectivity index (χ4v) is 7.35. The van der Waals surface area contributed by atoms with E-state index in [1.165, 1.54) is 6.08 Å². The molecule has 0 radical (unpaired) electrons. The molecule has 0 fully saturated rings. The lowest BCUT2D eigenvalue weighted by Gasteiger charge is -2.13. The summed E-state index contributed by atoms with van der Waals surface area (Å²) in [5.41, 5.74) is 3.86. The van der Waals surface area contributed by atoms with E-state index in [-0.39, 0.29) is 17.1 Å². The van der Waals surface area contributed by atoms with Gasteiger partial charge < -0.3 is 14.0 Å². The molecule has 3 aromatic carbocycles. The summed E-state index contributed by atoms with van der Waals surface area (Å²) in [4.78, 5) is 18.1. The molecular weight excluding hydrogens is 645 g/mol. The summed E-state index contributed by atoms with van der Waals surface area (Å²) in [6, 6.07) is 20.0. The molecule has 0 amide bonds. The second-order valence-electron chi connectivity index (χ2n) is 11.9. The lowest BCUT2D eigenvalue weighted by Crippen LogP contribution is -2.15. The van der Waals surface area contributed by atoms with Gasteiger partial charge in [0.15, 0.2) is 15.6 Å². The Kier molecular flexibility index (Phi) is 13.9. The molecule has 0 unspecified atom stereocenters. The number of carbonyl (C=O) groups excluding carboxylic acids is 1. The number of rotatable bonds is 19. The molecule has 0 spiro atoms. The number of unbranched alkanes of at least 4 members (excludes halogenated alkanes) is 1. The second-order valence-corrected chi connectivity index (χ2v) is 15.8. The van der Waals surface area contributed by atoms with Crippen LogP contribution in [0.15, 0.2) is 95.1 Å². The third kappa shape index (κ3) is 10.3. The molecule has 0 N–H and O–H groups in total. The predicted octanol–water partition coefficient (Wildman–Crippen LogP) is 7.47. The highest BCUT2D eigenvalue weighted by molar-refractivity contribution is 7.92. The van der Waals surface area contributed by atoms with E-state index < -0.39 is 25.9 Å². The van der Waals surface area contributed by atoms with Gasteiger partial charge in [-0.15, -0.1) is 0 Å². The smallest absolute Gasteiger partial charge is 0.181 e. The summed E-state index contributed by atoms with van der Waals surface area (Å²) in [5.74, 6) is 0.918. The Morgan fingerprint density at radius 3 is 2.35 bits per heavy atom. The maximum Gasteiger partial charge on any atom is 0.181 e. The SMILES string of the molecule is CCCCOCCOc1ccc(-c2ccc(S(=O)(=O)C(C)C)c(/C=C/C(=O)Cc3ccc([S@](=O)Cc4cncn4CCC)cc3)c2)cc1. The minimum atomic E-state index is -3.61. The van der Waals surface area contributed by atoms with Crippen molar-refractivity contribution in [2.75, 3.05) is 19.8 Å². The largest absolute Gasteiger partial charge is 0.491 e. The zero-order chi connectivity index (χ0) is 34.5. The van der Waals surface area contributed by atoms with Gasteiger partial charge in [0.25, 0.3) is 0 Å². The van der Waals surface area contributed by atoms with Crippen LogP contribution in [-0.2, 0) is 48.9 Å². The van der Waals surface area contributed by atoms with Crippen molar-refractivity contribution in [3.05, 3.63) is 102 Å². The zero-order valence-electron chi connectivity index (χ0n) is 28.3. The van der Waals surface area contributed by atoms with Gasteiger partial charge in [0.05, 0.1) is 45.3 Å². The first-order chi connectivity index (χ1) is 23.1. The first kappa shape index (κ1) is 37.0. The van der Waals surface area contributed by atoms with E-state index in [2.05, 4.69) is 18.8 Å². The maximum absolute atomic E-state index is 13.2. The van der Waals surface area contributed by atoms with Gasteiger partial charge in [-0.2, -0.15) is 0 Å². The lowest BCUT2D eigenvalue weighted by molar-refractivity contribution is -0.113. The summed E-state index contributed by atoms with van der Waals surface area (Å²) in [6.07, 6.45) is 9.74. The molecule has 0 saturated carbocycles. The van der Waals surface area contributed by atoms with Crippen LogP contribution in [0, 0.1) is 0 Å². The average Bonchev–Trinajstić information content (AvgIpc) is 3.52. The molecule has 10 heteroatoms. The Morgan fingerprint density at radius 2 is 1.67 bits per heavy atom. The fraction of sp³-hybridized carbons (Fsp3) is 0.368. The van der Waals surface area contributed by atoms with Gasteiger partial charge in [-0.25, -0.2) is 13.4 Å². The molecule has 0 bridgehead atoms. The first-order valence-electron chi connectivity index (χ1n) is 16.5. The van der Waals surface area contributed by atoms with Crippen molar-refractivity contribution in [3.8, 4) is 16.9 Å². The van der Waals surface area contributed by atoms with Crippen molar-refractivity contribution < 1.29 is 26.9 Å². The number of aromatic nitrogens is 2. The number of hydrogen-bond donors (Lipinski definition) is 0. The van der Waals surface area contributed by atoms with Crippen LogP contribution in [0.5, 0.6) is 5.75 Å². The number of allylic oxidation sites excluding steroid dienone is 1. The normalized spacial score (nSPS) is 12.5. The number of hydrogen-bond acceptors (Lipinski definition) is 7. The third-order valence-electron chi connectivity index (χ3n) is 7.82. The van der Waals surface area contributed by atoms with Crippen molar-refractivity contribution >= 4 is 32.5 Å². The van der Waals surface area contributed by atoms with Crippen molar-refractivity contribution in [2.45, 2.75) is 80.7 Å². The van der Waals surface area contributed by atoms with E-state index in [1.807, 2.05) is 41.0 Å². The van der Waals surface area contributed by atoms with Crippen molar-refractivity contribution in [2.24, 2.45) is 0 Å². The van der Waals surface area contributed by atoms with Crippen LogP contribution in [0.3, 0.4) is 0 Å². The zero-order valence-corrected chi connectivity index (χ0v) is 29.9. The van der Waals surface area contributed by atoms with E-state index in [0.717, 1.165) is 60.5 Å². The van der Waals surface area contributed by atoms with Gasteiger partial charge in [-0.1, -0.05) is 56.7 Å². The minimum Gasteiger partial charge on any atom is -0.491 e. The number of benzene rings is 3. The highest BCUT2D eigenvalue weighted by Crippen LogP contribution is 2.29. The van der Waals surface area contributed by atoms with E-state index >= 15 is 0 Å². The monoisotopic (exact) mass is 690 g/mol. The number of ether oxygens (including phenoxy) is 2. The first-order valence-corrected chi connectivity index (χ1v) is 19.3.